The highest BCUT2D eigenvalue weighted by Crippen LogP contribution is 2.55. The lowest BCUT2D eigenvalue weighted by atomic mass is 10.2. The summed E-state index contributed by atoms with van der Waals surface area (Å²) in [5, 5.41) is 0. The van der Waals surface area contributed by atoms with Gasteiger partial charge in [0.1, 0.15) is 5.54 Å². The van der Waals surface area contributed by atoms with Gasteiger partial charge in [0.2, 0.25) is 0 Å². The summed E-state index contributed by atoms with van der Waals surface area (Å²) < 4.78 is 26.3. The van der Waals surface area contributed by atoms with Gasteiger partial charge in [-0.05, 0) is 27.7 Å². The van der Waals surface area contributed by atoms with Gasteiger partial charge in [0.25, 0.3) is 5.92 Å². The average molecular weight is 192 g/mol. The van der Waals surface area contributed by atoms with Gasteiger partial charge in [-0.15, -0.1) is 0 Å². The van der Waals surface area contributed by atoms with Crippen molar-refractivity contribution in [1.29, 1.82) is 0 Å². The van der Waals surface area contributed by atoms with Crippen LogP contribution in [0, 0.1) is 0 Å². The van der Waals surface area contributed by atoms with Crippen molar-refractivity contribution in [2.45, 2.75) is 24.8 Å². The van der Waals surface area contributed by atoms with Crippen molar-refractivity contribution in [2.24, 2.45) is 0 Å². The highest BCUT2D eigenvalue weighted by molar-refractivity contribution is 5.19. The first-order chi connectivity index (χ1) is 5.85. The number of hydrogen-bond donors (Lipinski definition) is 0. The van der Waals surface area contributed by atoms with Gasteiger partial charge in [-0.25, -0.2) is 8.78 Å². The highest BCUT2D eigenvalue weighted by atomic mass is 19.3. The summed E-state index contributed by atoms with van der Waals surface area (Å²) in [5.74, 6) is -2.50. The van der Waals surface area contributed by atoms with Crippen molar-refractivity contribution in [3.8, 4) is 0 Å². The first-order valence-corrected chi connectivity index (χ1v) is 4.59. The third-order valence-electron chi connectivity index (χ3n) is 3.00. The van der Waals surface area contributed by atoms with E-state index in [1.165, 1.54) is 0 Å². The fourth-order valence-corrected chi connectivity index (χ4v) is 1.68. The molecule has 0 amide bonds. The number of rotatable bonds is 4. The van der Waals surface area contributed by atoms with Crippen molar-refractivity contribution < 1.29 is 8.78 Å². The van der Waals surface area contributed by atoms with Crippen LogP contribution in [0.3, 0.4) is 0 Å². The fraction of sp³-hybridized carbons (Fsp3) is 1.00. The van der Waals surface area contributed by atoms with E-state index in [1.807, 2.05) is 18.9 Å². The second kappa shape index (κ2) is 3.17. The van der Waals surface area contributed by atoms with E-state index >= 15 is 0 Å². The fourth-order valence-electron chi connectivity index (χ4n) is 1.68. The molecule has 1 unspecified atom stereocenters. The highest BCUT2D eigenvalue weighted by Gasteiger charge is 2.72. The number of likely N-dealkylation sites (N-methyl/N-ethyl adjacent to an activating group) is 2. The molecule has 1 atom stereocenters. The van der Waals surface area contributed by atoms with E-state index in [2.05, 4.69) is 0 Å². The zero-order valence-corrected chi connectivity index (χ0v) is 8.77. The molecule has 0 saturated heterocycles. The second-order valence-corrected chi connectivity index (χ2v) is 4.14. The minimum atomic E-state index is -2.50. The summed E-state index contributed by atoms with van der Waals surface area (Å²) in [6.07, 6.45) is -0.00264. The van der Waals surface area contributed by atoms with Crippen LogP contribution in [0.2, 0.25) is 0 Å². The SMILES string of the molecule is CCN(C)CC1(N(C)C)CC1(F)F. The predicted octanol–water partition coefficient (Wildman–Crippen LogP) is 1.28. The Labute approximate surface area is 78.5 Å². The van der Waals surface area contributed by atoms with Crippen LogP contribution in [0.1, 0.15) is 13.3 Å². The van der Waals surface area contributed by atoms with E-state index in [9.17, 15) is 8.78 Å². The summed E-state index contributed by atoms with van der Waals surface area (Å²) in [4.78, 5) is 3.58. The van der Waals surface area contributed by atoms with Crippen molar-refractivity contribution >= 4 is 0 Å². The molecule has 4 heteroatoms. The molecule has 0 heterocycles. The minimum absolute atomic E-state index is 0.00264. The Balaban J connectivity index is 2.63. The van der Waals surface area contributed by atoms with Gasteiger partial charge >= 0.3 is 0 Å². The molecule has 78 valence electrons. The van der Waals surface area contributed by atoms with Crippen molar-refractivity contribution in [3.63, 3.8) is 0 Å². The third-order valence-corrected chi connectivity index (χ3v) is 3.00. The Morgan fingerprint density at radius 2 is 1.69 bits per heavy atom. The Hall–Kier alpha value is -0.220. The zero-order valence-electron chi connectivity index (χ0n) is 8.77. The smallest absolute Gasteiger partial charge is 0.269 e. The first-order valence-electron chi connectivity index (χ1n) is 4.59. The van der Waals surface area contributed by atoms with Gasteiger partial charge < -0.3 is 4.90 Å². The van der Waals surface area contributed by atoms with Crippen LogP contribution in [0.15, 0.2) is 0 Å². The third kappa shape index (κ3) is 1.70. The lowest BCUT2D eigenvalue weighted by Gasteiger charge is -2.28. The molecule has 1 aliphatic rings. The zero-order chi connectivity index (χ0) is 10.3. The standard InChI is InChI=1S/C9H18F2N2/c1-5-13(4)7-8(12(2)3)6-9(8,10)11/h5-7H2,1-4H3. The molecule has 0 aromatic heterocycles. The quantitative estimate of drug-likeness (QED) is 0.662. The van der Waals surface area contributed by atoms with Gasteiger partial charge in [-0.3, -0.25) is 4.90 Å². The van der Waals surface area contributed by atoms with Crippen LogP contribution < -0.4 is 0 Å². The van der Waals surface area contributed by atoms with E-state index in [-0.39, 0.29) is 6.42 Å². The van der Waals surface area contributed by atoms with Gasteiger partial charge in [0.15, 0.2) is 0 Å². The van der Waals surface area contributed by atoms with Crippen molar-refractivity contribution in [3.05, 3.63) is 0 Å². The van der Waals surface area contributed by atoms with E-state index in [0.29, 0.717) is 6.54 Å². The molecule has 0 aliphatic heterocycles. The van der Waals surface area contributed by atoms with Crippen LogP contribution in [-0.2, 0) is 0 Å². The maximum Gasteiger partial charge on any atom is 0.269 e. The number of nitrogens with zero attached hydrogens (tertiary/aromatic N) is 2. The first kappa shape index (κ1) is 10.9. The van der Waals surface area contributed by atoms with Crippen LogP contribution in [0.4, 0.5) is 8.78 Å². The maximum absolute atomic E-state index is 13.1. The van der Waals surface area contributed by atoms with Crippen LogP contribution in [0.5, 0.6) is 0 Å². The van der Waals surface area contributed by atoms with Gasteiger partial charge in [-0.1, -0.05) is 6.92 Å². The lowest BCUT2D eigenvalue weighted by molar-refractivity contribution is 0.0294. The lowest BCUT2D eigenvalue weighted by Crippen LogP contribution is -2.45. The van der Waals surface area contributed by atoms with Gasteiger partial charge in [0.05, 0.1) is 0 Å². The summed E-state index contributed by atoms with van der Waals surface area (Å²) in [6, 6.07) is 0. The molecule has 1 aliphatic carbocycles. The van der Waals surface area contributed by atoms with Crippen LogP contribution >= 0.6 is 0 Å². The maximum atomic E-state index is 13.1. The number of hydrogen-bond acceptors (Lipinski definition) is 2. The molecule has 0 bridgehead atoms. The van der Waals surface area contributed by atoms with E-state index in [4.69, 9.17) is 0 Å². The summed E-state index contributed by atoms with van der Waals surface area (Å²) >= 11 is 0. The Morgan fingerprint density at radius 3 is 1.92 bits per heavy atom. The van der Waals surface area contributed by atoms with E-state index in [1.54, 1.807) is 19.0 Å². The molecule has 0 radical (unpaired) electrons. The molecular formula is C9H18F2N2. The molecule has 1 fully saturated rings. The second-order valence-electron chi connectivity index (χ2n) is 4.14. The largest absolute Gasteiger partial charge is 0.305 e. The van der Waals surface area contributed by atoms with Crippen molar-refractivity contribution in [1.82, 2.24) is 9.80 Å². The minimum Gasteiger partial charge on any atom is -0.305 e. The summed E-state index contributed by atoms with van der Waals surface area (Å²) in [7, 11) is 5.33. The van der Waals surface area contributed by atoms with Crippen molar-refractivity contribution in [2.75, 3.05) is 34.2 Å². The van der Waals surface area contributed by atoms with Gasteiger partial charge in [-0.2, -0.15) is 0 Å². The molecule has 1 rings (SSSR count). The number of alkyl halides is 2. The molecule has 0 aromatic carbocycles. The molecule has 0 spiro atoms. The normalized spacial score (nSPS) is 31.4. The van der Waals surface area contributed by atoms with Crippen LogP contribution in [-0.4, -0.2) is 55.5 Å². The molecule has 0 N–H and O–H groups in total. The Morgan fingerprint density at radius 1 is 1.23 bits per heavy atom. The average Bonchev–Trinajstić information content (AvgIpc) is 2.54. The van der Waals surface area contributed by atoms with Gasteiger partial charge in [0, 0.05) is 13.0 Å². The molecule has 13 heavy (non-hydrogen) atoms. The topological polar surface area (TPSA) is 6.48 Å². The van der Waals surface area contributed by atoms with E-state index < -0.39 is 11.5 Å². The van der Waals surface area contributed by atoms with Crippen LogP contribution in [0.25, 0.3) is 0 Å². The molecule has 0 aromatic rings. The van der Waals surface area contributed by atoms with E-state index in [0.717, 1.165) is 6.54 Å². The molecule has 2 nitrogen and oxygen atoms in total. The summed E-state index contributed by atoms with van der Waals surface area (Å²) in [6.45, 7) is 3.24. The predicted molar refractivity (Wildman–Crippen MR) is 49.2 cm³/mol. The summed E-state index contributed by atoms with van der Waals surface area (Å²) in [5.41, 5.74) is -0.905. The Bertz CT molecular complexity index is 194. The Kier molecular flexibility index (Phi) is 2.65. The monoisotopic (exact) mass is 192 g/mol. The molecule has 1 saturated carbocycles. The molecular weight excluding hydrogens is 174 g/mol. The number of halogens is 2.